The summed E-state index contributed by atoms with van der Waals surface area (Å²) in [6, 6.07) is 7.53. The third kappa shape index (κ3) is 3.15. The molecule has 0 heterocycles. The number of nitrogens with zero attached hydrogens (tertiary/aromatic N) is 1. The van der Waals surface area contributed by atoms with E-state index in [9.17, 15) is 0 Å². The summed E-state index contributed by atoms with van der Waals surface area (Å²) in [6.07, 6.45) is 5.32. The Morgan fingerprint density at radius 1 is 0.952 bits per heavy atom. The van der Waals surface area contributed by atoms with Gasteiger partial charge in [-0.3, -0.25) is 0 Å². The van der Waals surface area contributed by atoms with Gasteiger partial charge in [0.05, 0.1) is 14.2 Å². The van der Waals surface area contributed by atoms with Gasteiger partial charge < -0.3 is 18.9 Å². The highest BCUT2D eigenvalue weighted by Crippen LogP contribution is 2.30. The standard InChI is InChI=1S/C16H19NO4/c1-18-14-8-6-5-7-12(14)17-13-9-10-16(20-3,21-4)11-15(13)19-2/h5-11H,1-4H3. The zero-order chi connectivity index (χ0) is 15.3. The van der Waals surface area contributed by atoms with Gasteiger partial charge in [0.15, 0.2) is 0 Å². The number of aliphatic imine (C=N–C) groups is 1. The Morgan fingerprint density at radius 3 is 2.29 bits per heavy atom. The molecular weight excluding hydrogens is 270 g/mol. The molecule has 0 saturated carbocycles. The van der Waals surface area contributed by atoms with Crippen molar-refractivity contribution in [3.63, 3.8) is 0 Å². The molecule has 0 saturated heterocycles. The average Bonchev–Trinajstić information content (AvgIpc) is 2.56. The molecule has 0 unspecified atom stereocenters. The van der Waals surface area contributed by atoms with E-state index in [0.717, 1.165) is 5.69 Å². The molecule has 0 fully saturated rings. The van der Waals surface area contributed by atoms with E-state index in [-0.39, 0.29) is 0 Å². The maximum atomic E-state index is 5.39. The third-order valence-corrected chi connectivity index (χ3v) is 3.24. The average molecular weight is 289 g/mol. The Bertz CT molecular complexity index is 586. The topological polar surface area (TPSA) is 49.3 Å². The van der Waals surface area contributed by atoms with E-state index in [4.69, 9.17) is 18.9 Å². The van der Waals surface area contributed by atoms with Gasteiger partial charge in [-0.05, 0) is 24.3 Å². The summed E-state index contributed by atoms with van der Waals surface area (Å²) in [5.41, 5.74) is 1.40. The Hall–Kier alpha value is -2.11. The van der Waals surface area contributed by atoms with Gasteiger partial charge >= 0.3 is 0 Å². The maximum absolute atomic E-state index is 5.39. The van der Waals surface area contributed by atoms with E-state index < -0.39 is 5.79 Å². The minimum Gasteiger partial charge on any atom is -0.495 e. The molecule has 1 aromatic carbocycles. The lowest BCUT2D eigenvalue weighted by Crippen LogP contribution is -2.32. The van der Waals surface area contributed by atoms with Crippen molar-refractivity contribution in [2.45, 2.75) is 5.79 Å². The van der Waals surface area contributed by atoms with Crippen LogP contribution in [-0.4, -0.2) is 39.9 Å². The normalized spacial score (nSPS) is 18.5. The van der Waals surface area contributed by atoms with Crippen LogP contribution in [-0.2, 0) is 14.2 Å². The number of hydrogen-bond acceptors (Lipinski definition) is 5. The van der Waals surface area contributed by atoms with Crippen molar-refractivity contribution in [2.24, 2.45) is 4.99 Å². The van der Waals surface area contributed by atoms with Crippen LogP contribution < -0.4 is 4.74 Å². The molecule has 0 bridgehead atoms. The first-order valence-electron chi connectivity index (χ1n) is 6.46. The zero-order valence-electron chi connectivity index (χ0n) is 12.6. The van der Waals surface area contributed by atoms with Gasteiger partial charge in [0.25, 0.3) is 0 Å². The highest BCUT2D eigenvalue weighted by atomic mass is 16.7. The largest absolute Gasteiger partial charge is 0.495 e. The Balaban J connectivity index is 2.41. The minimum absolute atomic E-state index is 0.576. The van der Waals surface area contributed by atoms with E-state index in [1.807, 2.05) is 24.3 Å². The van der Waals surface area contributed by atoms with Crippen molar-refractivity contribution >= 4 is 11.4 Å². The van der Waals surface area contributed by atoms with E-state index in [0.29, 0.717) is 17.2 Å². The summed E-state index contributed by atoms with van der Waals surface area (Å²) < 4.78 is 21.4. The first-order chi connectivity index (χ1) is 10.2. The SMILES string of the molecule is COC1=CC(OC)(OC)C=CC1=Nc1ccccc1OC. The third-order valence-electron chi connectivity index (χ3n) is 3.24. The lowest BCUT2D eigenvalue weighted by Gasteiger charge is -2.27. The molecule has 0 spiro atoms. The van der Waals surface area contributed by atoms with Crippen molar-refractivity contribution in [1.29, 1.82) is 0 Å². The fourth-order valence-corrected chi connectivity index (χ4v) is 2.03. The zero-order valence-corrected chi connectivity index (χ0v) is 12.6. The Labute approximate surface area is 124 Å². The number of allylic oxidation sites excluding steroid dienone is 1. The molecule has 2 rings (SSSR count). The van der Waals surface area contributed by atoms with E-state index in [1.54, 1.807) is 46.7 Å². The molecule has 1 aromatic rings. The number of benzene rings is 1. The molecule has 0 atom stereocenters. The molecule has 0 N–H and O–H groups in total. The van der Waals surface area contributed by atoms with Crippen molar-refractivity contribution in [3.05, 3.63) is 48.3 Å². The van der Waals surface area contributed by atoms with Crippen molar-refractivity contribution in [3.8, 4) is 5.75 Å². The summed E-state index contributed by atoms with van der Waals surface area (Å²) in [5, 5.41) is 0. The second-order valence-electron chi connectivity index (χ2n) is 4.34. The smallest absolute Gasteiger partial charge is 0.211 e. The monoisotopic (exact) mass is 289 g/mol. The number of methoxy groups -OCH3 is 4. The highest BCUT2D eigenvalue weighted by molar-refractivity contribution is 6.09. The van der Waals surface area contributed by atoms with E-state index >= 15 is 0 Å². The number of rotatable bonds is 5. The number of hydrogen-bond donors (Lipinski definition) is 0. The van der Waals surface area contributed by atoms with Gasteiger partial charge in [-0.25, -0.2) is 4.99 Å². The maximum Gasteiger partial charge on any atom is 0.211 e. The van der Waals surface area contributed by atoms with Crippen LogP contribution >= 0.6 is 0 Å². The first-order valence-corrected chi connectivity index (χ1v) is 6.46. The number of para-hydroxylation sites is 2. The summed E-state index contributed by atoms with van der Waals surface area (Å²) in [5.74, 6) is 0.349. The summed E-state index contributed by atoms with van der Waals surface area (Å²) in [6.45, 7) is 0. The fourth-order valence-electron chi connectivity index (χ4n) is 2.03. The molecule has 0 amide bonds. The van der Waals surface area contributed by atoms with Gasteiger partial charge in [0.2, 0.25) is 5.79 Å². The van der Waals surface area contributed by atoms with Crippen molar-refractivity contribution in [2.75, 3.05) is 28.4 Å². The quantitative estimate of drug-likeness (QED) is 0.782. The van der Waals surface area contributed by atoms with Crippen molar-refractivity contribution < 1.29 is 18.9 Å². The van der Waals surface area contributed by atoms with E-state index in [2.05, 4.69) is 4.99 Å². The molecular formula is C16H19NO4. The predicted octanol–water partition coefficient (Wildman–Crippen LogP) is 2.86. The van der Waals surface area contributed by atoms with Crippen LogP contribution in [0.4, 0.5) is 5.69 Å². The van der Waals surface area contributed by atoms with Gasteiger partial charge in [-0.15, -0.1) is 0 Å². The number of ether oxygens (including phenoxy) is 4. The van der Waals surface area contributed by atoms with Crippen LogP contribution in [0.15, 0.2) is 53.2 Å². The Morgan fingerprint density at radius 2 is 1.67 bits per heavy atom. The first kappa shape index (κ1) is 15.3. The Kier molecular flexibility index (Phi) is 4.77. The van der Waals surface area contributed by atoms with Crippen LogP contribution in [0.25, 0.3) is 0 Å². The predicted molar refractivity (Wildman–Crippen MR) is 81.1 cm³/mol. The molecule has 112 valence electrons. The van der Waals surface area contributed by atoms with Crippen LogP contribution in [0.3, 0.4) is 0 Å². The van der Waals surface area contributed by atoms with Crippen LogP contribution in [0.5, 0.6) is 5.75 Å². The van der Waals surface area contributed by atoms with E-state index in [1.165, 1.54) is 0 Å². The lowest BCUT2D eigenvalue weighted by atomic mass is 10.1. The van der Waals surface area contributed by atoms with Gasteiger partial charge in [0, 0.05) is 20.3 Å². The molecule has 1 aliphatic rings. The highest BCUT2D eigenvalue weighted by Gasteiger charge is 2.29. The minimum atomic E-state index is -0.925. The van der Waals surface area contributed by atoms with Crippen molar-refractivity contribution in [1.82, 2.24) is 0 Å². The molecule has 5 heteroatoms. The molecule has 21 heavy (non-hydrogen) atoms. The lowest BCUT2D eigenvalue weighted by molar-refractivity contribution is -0.134. The summed E-state index contributed by atoms with van der Waals surface area (Å²) in [4.78, 5) is 4.58. The van der Waals surface area contributed by atoms with Gasteiger partial charge in [-0.2, -0.15) is 0 Å². The molecule has 0 radical (unpaired) electrons. The van der Waals surface area contributed by atoms with Crippen LogP contribution in [0, 0.1) is 0 Å². The summed E-state index contributed by atoms with van der Waals surface area (Å²) in [7, 11) is 6.34. The second-order valence-corrected chi connectivity index (χ2v) is 4.34. The van der Waals surface area contributed by atoms with Crippen LogP contribution in [0.2, 0.25) is 0 Å². The molecule has 0 aliphatic heterocycles. The molecule has 0 aromatic heterocycles. The van der Waals surface area contributed by atoms with Gasteiger partial charge in [0.1, 0.15) is 22.9 Å². The second kappa shape index (κ2) is 6.56. The molecule has 5 nitrogen and oxygen atoms in total. The van der Waals surface area contributed by atoms with Crippen LogP contribution in [0.1, 0.15) is 0 Å². The van der Waals surface area contributed by atoms with Gasteiger partial charge in [-0.1, -0.05) is 12.1 Å². The molecule has 1 aliphatic carbocycles. The fraction of sp³-hybridized carbons (Fsp3) is 0.312. The summed E-state index contributed by atoms with van der Waals surface area (Å²) >= 11 is 0.